The molecule has 2 rings (SSSR count). The van der Waals surface area contributed by atoms with Crippen molar-refractivity contribution in [3.63, 3.8) is 0 Å². The average molecular weight is 275 g/mol. The van der Waals surface area contributed by atoms with Crippen LogP contribution in [0.1, 0.15) is 16.1 Å². The van der Waals surface area contributed by atoms with E-state index in [1.165, 1.54) is 6.92 Å². The Hall–Kier alpha value is -1.82. The molecular weight excluding hydrogens is 269 g/mol. The lowest BCUT2D eigenvalue weighted by Crippen LogP contribution is -2.02. The summed E-state index contributed by atoms with van der Waals surface area (Å²) in [6, 6.07) is 1.01. The first-order valence-electron chi connectivity index (χ1n) is 4.81. The first-order chi connectivity index (χ1) is 8.45. The molecule has 1 aromatic heterocycles. The third kappa shape index (κ3) is 1.88. The second kappa shape index (κ2) is 4.45. The number of benzene rings is 1. The molecule has 0 fully saturated rings. The summed E-state index contributed by atoms with van der Waals surface area (Å²) in [5.74, 6) is -3.58. The predicted octanol–water partition coefficient (Wildman–Crippen LogP) is 3.06. The Labute approximate surface area is 105 Å². The Morgan fingerprint density at radius 2 is 1.83 bits per heavy atom. The van der Waals surface area contributed by atoms with Crippen molar-refractivity contribution in [1.82, 2.24) is 9.78 Å². The van der Waals surface area contributed by atoms with E-state index in [4.69, 9.17) is 11.6 Å². The van der Waals surface area contributed by atoms with E-state index in [0.717, 1.165) is 4.68 Å². The van der Waals surface area contributed by atoms with E-state index in [1.54, 1.807) is 0 Å². The van der Waals surface area contributed by atoms with E-state index < -0.39 is 17.5 Å². The highest BCUT2D eigenvalue weighted by molar-refractivity contribution is 6.32. The predicted molar refractivity (Wildman–Crippen MR) is 58.6 cm³/mol. The van der Waals surface area contributed by atoms with E-state index in [2.05, 4.69) is 5.10 Å². The van der Waals surface area contributed by atoms with Gasteiger partial charge in [0.15, 0.2) is 23.7 Å². The van der Waals surface area contributed by atoms with Gasteiger partial charge in [-0.05, 0) is 6.92 Å². The molecule has 94 valence electrons. The highest BCUT2D eigenvalue weighted by Crippen LogP contribution is 2.25. The fourth-order valence-corrected chi connectivity index (χ4v) is 1.79. The Morgan fingerprint density at radius 1 is 1.22 bits per heavy atom. The van der Waals surface area contributed by atoms with Crippen LogP contribution in [-0.2, 0) is 0 Å². The van der Waals surface area contributed by atoms with E-state index in [-0.39, 0.29) is 22.1 Å². The van der Waals surface area contributed by atoms with Gasteiger partial charge in [-0.1, -0.05) is 11.6 Å². The molecule has 18 heavy (non-hydrogen) atoms. The Bertz CT molecular complexity index is 640. The summed E-state index contributed by atoms with van der Waals surface area (Å²) in [6.45, 7) is 1.49. The molecule has 0 atom stereocenters. The molecule has 0 spiro atoms. The maximum Gasteiger partial charge on any atom is 0.161 e. The molecule has 2 aromatic rings. The van der Waals surface area contributed by atoms with Crippen LogP contribution in [0.15, 0.2) is 12.1 Å². The van der Waals surface area contributed by atoms with Crippen molar-refractivity contribution in [2.24, 2.45) is 0 Å². The molecule has 0 bridgehead atoms. The van der Waals surface area contributed by atoms with Crippen molar-refractivity contribution in [2.45, 2.75) is 6.92 Å². The highest BCUT2D eigenvalue weighted by atomic mass is 35.5. The summed E-state index contributed by atoms with van der Waals surface area (Å²) in [5.41, 5.74) is -0.0324. The van der Waals surface area contributed by atoms with E-state index in [0.29, 0.717) is 18.4 Å². The maximum atomic E-state index is 13.5. The van der Waals surface area contributed by atoms with Gasteiger partial charge in [0.2, 0.25) is 0 Å². The van der Waals surface area contributed by atoms with Crippen LogP contribution < -0.4 is 0 Å². The minimum atomic E-state index is -1.31. The Kier molecular flexibility index (Phi) is 3.13. The van der Waals surface area contributed by atoms with E-state index >= 15 is 0 Å². The zero-order valence-corrected chi connectivity index (χ0v) is 9.80. The molecule has 0 saturated heterocycles. The number of nitrogens with zero attached hydrogens (tertiary/aromatic N) is 2. The summed E-state index contributed by atoms with van der Waals surface area (Å²) in [6.07, 6.45) is 0.457. The monoisotopic (exact) mass is 274 g/mol. The van der Waals surface area contributed by atoms with Crippen LogP contribution in [0.25, 0.3) is 5.69 Å². The molecule has 0 unspecified atom stereocenters. The average Bonchev–Trinajstić information content (AvgIpc) is 2.59. The van der Waals surface area contributed by atoms with Gasteiger partial charge in [0.1, 0.15) is 10.8 Å². The molecule has 3 nitrogen and oxygen atoms in total. The number of aryl methyl sites for hydroxylation is 1. The van der Waals surface area contributed by atoms with Gasteiger partial charge >= 0.3 is 0 Å². The van der Waals surface area contributed by atoms with Crippen LogP contribution in [0.2, 0.25) is 5.15 Å². The van der Waals surface area contributed by atoms with Crippen LogP contribution in [0, 0.1) is 24.4 Å². The number of hydrogen-bond acceptors (Lipinski definition) is 2. The van der Waals surface area contributed by atoms with Gasteiger partial charge in [0, 0.05) is 12.1 Å². The van der Waals surface area contributed by atoms with Crippen molar-refractivity contribution in [3.05, 3.63) is 46.0 Å². The summed E-state index contributed by atoms with van der Waals surface area (Å²) in [5, 5.41) is 3.65. The number of rotatable bonds is 2. The number of halogens is 4. The van der Waals surface area contributed by atoms with Gasteiger partial charge in [-0.2, -0.15) is 5.10 Å². The fraction of sp³-hybridized carbons (Fsp3) is 0.0909. The molecule has 0 saturated carbocycles. The van der Waals surface area contributed by atoms with Crippen LogP contribution in [0.5, 0.6) is 0 Å². The van der Waals surface area contributed by atoms with E-state index in [1.807, 2.05) is 0 Å². The summed E-state index contributed by atoms with van der Waals surface area (Å²) >= 11 is 5.81. The molecule has 0 aliphatic heterocycles. The second-order valence-electron chi connectivity index (χ2n) is 3.54. The Balaban J connectivity index is 2.70. The molecule has 1 heterocycles. The van der Waals surface area contributed by atoms with Gasteiger partial charge in [-0.25, -0.2) is 17.9 Å². The molecule has 0 radical (unpaired) electrons. The standard InChI is InChI=1S/C11H6ClF3N2O/c1-5-6(4-18)11(12)17(16-5)10-3-8(14)7(13)2-9(10)15/h2-4H,1H3. The first-order valence-corrected chi connectivity index (χ1v) is 5.18. The molecule has 0 N–H and O–H groups in total. The molecule has 0 aliphatic rings. The van der Waals surface area contributed by atoms with Crippen LogP contribution >= 0.6 is 11.6 Å². The largest absolute Gasteiger partial charge is 0.298 e. The first kappa shape index (κ1) is 12.6. The maximum absolute atomic E-state index is 13.5. The molecule has 1 aromatic carbocycles. The summed E-state index contributed by atoms with van der Waals surface area (Å²) in [7, 11) is 0. The number of carbonyl (C=O) groups is 1. The minimum Gasteiger partial charge on any atom is -0.298 e. The smallest absolute Gasteiger partial charge is 0.161 e. The quantitative estimate of drug-likeness (QED) is 0.623. The zero-order valence-electron chi connectivity index (χ0n) is 9.05. The van der Waals surface area contributed by atoms with Crippen molar-refractivity contribution >= 4 is 17.9 Å². The molecular formula is C11H6ClF3N2O. The van der Waals surface area contributed by atoms with E-state index in [9.17, 15) is 18.0 Å². The number of aromatic nitrogens is 2. The zero-order chi connectivity index (χ0) is 13.4. The van der Waals surface area contributed by atoms with Gasteiger partial charge in [-0.15, -0.1) is 0 Å². The van der Waals surface area contributed by atoms with Crippen molar-refractivity contribution in [1.29, 1.82) is 0 Å². The van der Waals surface area contributed by atoms with Crippen LogP contribution in [0.4, 0.5) is 13.2 Å². The highest BCUT2D eigenvalue weighted by Gasteiger charge is 2.18. The normalized spacial score (nSPS) is 10.7. The Morgan fingerprint density at radius 3 is 2.39 bits per heavy atom. The van der Waals surface area contributed by atoms with Crippen molar-refractivity contribution in [3.8, 4) is 5.69 Å². The van der Waals surface area contributed by atoms with Crippen LogP contribution in [0.3, 0.4) is 0 Å². The van der Waals surface area contributed by atoms with Gasteiger partial charge in [0.05, 0.1) is 11.3 Å². The lowest BCUT2D eigenvalue weighted by Gasteiger charge is -2.05. The topological polar surface area (TPSA) is 34.9 Å². The van der Waals surface area contributed by atoms with Gasteiger partial charge in [0.25, 0.3) is 0 Å². The molecule has 7 heteroatoms. The second-order valence-corrected chi connectivity index (χ2v) is 3.90. The minimum absolute atomic E-state index is 0.0702. The number of hydrogen-bond donors (Lipinski definition) is 0. The lowest BCUT2D eigenvalue weighted by atomic mass is 10.2. The molecule has 0 amide bonds. The van der Waals surface area contributed by atoms with Gasteiger partial charge in [-0.3, -0.25) is 4.79 Å². The summed E-state index contributed by atoms with van der Waals surface area (Å²) < 4.78 is 40.2. The lowest BCUT2D eigenvalue weighted by molar-refractivity contribution is 0.112. The third-order valence-corrected chi connectivity index (χ3v) is 2.75. The SMILES string of the molecule is Cc1nn(-c2cc(F)c(F)cc2F)c(Cl)c1C=O. The van der Waals surface area contributed by atoms with Crippen LogP contribution in [-0.4, -0.2) is 16.1 Å². The third-order valence-electron chi connectivity index (χ3n) is 2.38. The van der Waals surface area contributed by atoms with Gasteiger partial charge < -0.3 is 0 Å². The molecule has 0 aliphatic carbocycles. The summed E-state index contributed by atoms with van der Waals surface area (Å²) in [4.78, 5) is 10.7. The van der Waals surface area contributed by atoms with Crippen molar-refractivity contribution < 1.29 is 18.0 Å². The fourth-order valence-electron chi connectivity index (χ4n) is 1.48. The number of aldehydes is 1. The van der Waals surface area contributed by atoms with Crippen molar-refractivity contribution in [2.75, 3.05) is 0 Å². The number of carbonyl (C=O) groups excluding carboxylic acids is 1.